The van der Waals surface area contributed by atoms with E-state index in [0.29, 0.717) is 0 Å². The van der Waals surface area contributed by atoms with Gasteiger partial charge in [-0.2, -0.15) is 0 Å². The Labute approximate surface area is 76.3 Å². The van der Waals surface area contributed by atoms with Crippen molar-refractivity contribution in [1.82, 2.24) is 10.2 Å². The lowest BCUT2D eigenvalue weighted by atomic mass is 9.97. The van der Waals surface area contributed by atoms with Gasteiger partial charge in [0.2, 0.25) is 0 Å². The van der Waals surface area contributed by atoms with Gasteiger partial charge in [-0.15, -0.1) is 0 Å². The highest BCUT2D eigenvalue weighted by Crippen LogP contribution is 2.18. The topological polar surface area (TPSA) is 15.3 Å². The van der Waals surface area contributed by atoms with Gasteiger partial charge in [0.15, 0.2) is 0 Å². The van der Waals surface area contributed by atoms with Gasteiger partial charge in [0, 0.05) is 6.04 Å². The van der Waals surface area contributed by atoms with Crippen LogP contribution in [0.1, 0.15) is 26.2 Å². The molecule has 0 saturated carbocycles. The first-order chi connectivity index (χ1) is 5.74. The maximum absolute atomic E-state index is 3.42. The number of nitrogens with one attached hydrogen (secondary N) is 1. The van der Waals surface area contributed by atoms with E-state index in [0.717, 1.165) is 12.0 Å². The van der Waals surface area contributed by atoms with E-state index in [4.69, 9.17) is 0 Å². The van der Waals surface area contributed by atoms with Crippen molar-refractivity contribution in [3.8, 4) is 0 Å². The molecular weight excluding hydrogens is 148 g/mol. The van der Waals surface area contributed by atoms with Crippen LogP contribution in [-0.2, 0) is 0 Å². The Morgan fingerprint density at radius 3 is 2.67 bits per heavy atom. The maximum atomic E-state index is 3.42. The summed E-state index contributed by atoms with van der Waals surface area (Å²) in [6.45, 7) is 4.76. The molecule has 72 valence electrons. The van der Waals surface area contributed by atoms with E-state index >= 15 is 0 Å². The molecule has 1 saturated heterocycles. The van der Waals surface area contributed by atoms with E-state index in [2.05, 4.69) is 31.2 Å². The summed E-state index contributed by atoms with van der Waals surface area (Å²) in [5.41, 5.74) is 0. The molecular formula is C10H22N2. The van der Waals surface area contributed by atoms with Crippen molar-refractivity contribution >= 4 is 0 Å². The Morgan fingerprint density at radius 2 is 2.25 bits per heavy atom. The van der Waals surface area contributed by atoms with E-state index in [1.807, 2.05) is 0 Å². The molecule has 0 aromatic heterocycles. The van der Waals surface area contributed by atoms with Crippen LogP contribution >= 0.6 is 0 Å². The Kier molecular flexibility index (Phi) is 4.02. The minimum absolute atomic E-state index is 0.787. The molecule has 0 aromatic rings. The van der Waals surface area contributed by atoms with E-state index in [1.165, 1.54) is 32.4 Å². The maximum Gasteiger partial charge on any atom is 0.00896 e. The second-order valence-corrected chi connectivity index (χ2v) is 4.12. The molecule has 2 heteroatoms. The monoisotopic (exact) mass is 170 g/mol. The SMILES string of the molecule is CCC(CC1CCNC1)N(C)C. The minimum Gasteiger partial charge on any atom is -0.316 e. The van der Waals surface area contributed by atoms with Crippen molar-refractivity contribution in [3.05, 3.63) is 0 Å². The van der Waals surface area contributed by atoms with Crippen LogP contribution in [0.4, 0.5) is 0 Å². The van der Waals surface area contributed by atoms with Crippen LogP contribution in [0, 0.1) is 5.92 Å². The summed E-state index contributed by atoms with van der Waals surface area (Å²) in [4.78, 5) is 2.36. The molecule has 1 aliphatic heterocycles. The Hall–Kier alpha value is -0.0800. The Balaban J connectivity index is 2.26. The highest BCUT2D eigenvalue weighted by atomic mass is 15.1. The molecule has 1 rings (SSSR count). The van der Waals surface area contributed by atoms with Crippen molar-refractivity contribution in [3.63, 3.8) is 0 Å². The Bertz CT molecular complexity index is 117. The van der Waals surface area contributed by atoms with E-state index in [1.54, 1.807) is 0 Å². The second kappa shape index (κ2) is 4.83. The standard InChI is InChI=1S/C10H22N2/c1-4-10(12(2)3)7-9-5-6-11-8-9/h9-11H,4-8H2,1-3H3. The highest BCUT2D eigenvalue weighted by molar-refractivity contribution is 4.76. The van der Waals surface area contributed by atoms with E-state index in [9.17, 15) is 0 Å². The number of hydrogen-bond donors (Lipinski definition) is 1. The first-order valence-electron chi connectivity index (χ1n) is 5.11. The quantitative estimate of drug-likeness (QED) is 0.684. The lowest BCUT2D eigenvalue weighted by Gasteiger charge is -2.25. The van der Waals surface area contributed by atoms with Crippen LogP contribution in [0.25, 0.3) is 0 Å². The third-order valence-corrected chi connectivity index (χ3v) is 2.97. The highest BCUT2D eigenvalue weighted by Gasteiger charge is 2.19. The first kappa shape index (κ1) is 10.0. The summed E-state index contributed by atoms with van der Waals surface area (Å²) >= 11 is 0. The molecule has 0 aliphatic carbocycles. The van der Waals surface area contributed by atoms with Gasteiger partial charge < -0.3 is 10.2 Å². The lowest BCUT2D eigenvalue weighted by Crippen LogP contribution is -2.30. The fourth-order valence-corrected chi connectivity index (χ4v) is 2.04. The smallest absolute Gasteiger partial charge is 0.00896 e. The van der Waals surface area contributed by atoms with E-state index < -0.39 is 0 Å². The molecule has 1 heterocycles. The normalized spacial score (nSPS) is 26.5. The van der Waals surface area contributed by atoms with E-state index in [-0.39, 0.29) is 0 Å². The third-order valence-electron chi connectivity index (χ3n) is 2.97. The molecule has 2 atom stereocenters. The molecule has 0 radical (unpaired) electrons. The van der Waals surface area contributed by atoms with Crippen molar-refractivity contribution in [2.24, 2.45) is 5.92 Å². The molecule has 12 heavy (non-hydrogen) atoms. The predicted molar refractivity (Wildman–Crippen MR) is 53.4 cm³/mol. The number of nitrogens with zero attached hydrogens (tertiary/aromatic N) is 1. The average Bonchev–Trinajstić information content (AvgIpc) is 2.51. The predicted octanol–water partition coefficient (Wildman–Crippen LogP) is 1.33. The van der Waals surface area contributed by atoms with Gasteiger partial charge in [0.25, 0.3) is 0 Å². The van der Waals surface area contributed by atoms with Gasteiger partial charge in [0.05, 0.1) is 0 Å². The molecule has 2 unspecified atom stereocenters. The lowest BCUT2D eigenvalue weighted by molar-refractivity contribution is 0.242. The molecule has 0 amide bonds. The summed E-state index contributed by atoms with van der Waals surface area (Å²) in [6, 6.07) is 0.787. The number of hydrogen-bond acceptors (Lipinski definition) is 2. The van der Waals surface area contributed by atoms with Crippen molar-refractivity contribution in [1.29, 1.82) is 0 Å². The van der Waals surface area contributed by atoms with Gasteiger partial charge in [-0.3, -0.25) is 0 Å². The molecule has 0 spiro atoms. The summed E-state index contributed by atoms with van der Waals surface area (Å²) < 4.78 is 0. The second-order valence-electron chi connectivity index (χ2n) is 4.12. The van der Waals surface area contributed by atoms with Crippen molar-refractivity contribution in [2.45, 2.75) is 32.2 Å². The molecule has 0 aromatic carbocycles. The van der Waals surface area contributed by atoms with Crippen LogP contribution < -0.4 is 5.32 Å². The summed E-state index contributed by atoms with van der Waals surface area (Å²) in [6.07, 6.45) is 4.03. The van der Waals surface area contributed by atoms with Crippen molar-refractivity contribution < 1.29 is 0 Å². The summed E-state index contributed by atoms with van der Waals surface area (Å²) in [7, 11) is 4.38. The zero-order valence-electron chi connectivity index (χ0n) is 8.64. The van der Waals surface area contributed by atoms with Gasteiger partial charge in [0.1, 0.15) is 0 Å². The summed E-state index contributed by atoms with van der Waals surface area (Å²) in [5.74, 6) is 0.928. The van der Waals surface area contributed by atoms with Gasteiger partial charge >= 0.3 is 0 Å². The van der Waals surface area contributed by atoms with Crippen LogP contribution in [-0.4, -0.2) is 38.1 Å². The zero-order chi connectivity index (χ0) is 8.97. The third kappa shape index (κ3) is 2.76. The molecule has 1 fully saturated rings. The fourth-order valence-electron chi connectivity index (χ4n) is 2.04. The first-order valence-corrected chi connectivity index (χ1v) is 5.11. The minimum atomic E-state index is 0.787. The molecule has 1 N–H and O–H groups in total. The van der Waals surface area contributed by atoms with Gasteiger partial charge in [-0.05, 0) is 52.4 Å². The summed E-state index contributed by atoms with van der Waals surface area (Å²) in [5, 5.41) is 3.42. The Morgan fingerprint density at radius 1 is 1.50 bits per heavy atom. The van der Waals surface area contributed by atoms with Crippen molar-refractivity contribution in [2.75, 3.05) is 27.2 Å². The van der Waals surface area contributed by atoms with Crippen LogP contribution in [0.2, 0.25) is 0 Å². The largest absolute Gasteiger partial charge is 0.316 e. The van der Waals surface area contributed by atoms with Crippen LogP contribution in [0.15, 0.2) is 0 Å². The molecule has 1 aliphatic rings. The molecule has 0 bridgehead atoms. The van der Waals surface area contributed by atoms with Crippen LogP contribution in [0.3, 0.4) is 0 Å². The molecule has 2 nitrogen and oxygen atoms in total. The van der Waals surface area contributed by atoms with Crippen LogP contribution in [0.5, 0.6) is 0 Å². The average molecular weight is 170 g/mol. The zero-order valence-corrected chi connectivity index (χ0v) is 8.64. The fraction of sp³-hybridized carbons (Fsp3) is 1.00. The van der Waals surface area contributed by atoms with Gasteiger partial charge in [-0.1, -0.05) is 6.92 Å². The van der Waals surface area contributed by atoms with Gasteiger partial charge in [-0.25, -0.2) is 0 Å². The number of rotatable bonds is 4.